The first-order valence-corrected chi connectivity index (χ1v) is 9.22. The van der Waals surface area contributed by atoms with Crippen LogP contribution in [0, 0.1) is 13.8 Å². The number of hydrogen-bond acceptors (Lipinski definition) is 3. The van der Waals surface area contributed by atoms with Crippen LogP contribution in [0.25, 0.3) is 0 Å². The molecule has 0 saturated carbocycles. The monoisotopic (exact) mass is 366 g/mol. The van der Waals surface area contributed by atoms with Crippen molar-refractivity contribution in [1.82, 2.24) is 4.72 Å². The van der Waals surface area contributed by atoms with Crippen LogP contribution < -0.4 is 10.0 Å². The lowest BCUT2D eigenvalue weighted by atomic mass is 10.1. The number of halogens is 1. The van der Waals surface area contributed by atoms with Crippen molar-refractivity contribution in [3.05, 3.63) is 58.6 Å². The van der Waals surface area contributed by atoms with Gasteiger partial charge in [0.25, 0.3) is 0 Å². The van der Waals surface area contributed by atoms with Gasteiger partial charge in [0.05, 0.1) is 10.9 Å². The maximum atomic E-state index is 12.3. The molecule has 2 rings (SSSR count). The molecular formula is C17H19ClN2O3S. The Morgan fingerprint density at radius 2 is 1.58 bits per heavy atom. The number of benzene rings is 2. The standard InChI is InChI=1S/C17H19ClN2O3S/c1-11-5-4-6-12(2)16(11)19-17(21)13(3)20-24(22,23)15-9-7-14(18)8-10-15/h4-10,13,20H,1-3H3,(H,19,21). The van der Waals surface area contributed by atoms with Crippen LogP contribution in [-0.4, -0.2) is 20.4 Å². The molecule has 0 aliphatic rings. The molecule has 2 aromatic carbocycles. The minimum atomic E-state index is -3.80. The van der Waals surface area contributed by atoms with E-state index >= 15 is 0 Å². The van der Waals surface area contributed by atoms with Gasteiger partial charge in [-0.05, 0) is 56.2 Å². The second-order valence-corrected chi connectivity index (χ2v) is 7.70. The van der Waals surface area contributed by atoms with E-state index in [1.807, 2.05) is 32.0 Å². The summed E-state index contributed by atoms with van der Waals surface area (Å²) in [6.07, 6.45) is 0. The van der Waals surface area contributed by atoms with E-state index in [-0.39, 0.29) is 4.90 Å². The molecule has 0 saturated heterocycles. The highest BCUT2D eigenvalue weighted by Crippen LogP contribution is 2.20. The molecule has 1 amide bonds. The molecule has 0 heterocycles. The van der Waals surface area contributed by atoms with Crippen LogP contribution in [0.4, 0.5) is 5.69 Å². The van der Waals surface area contributed by atoms with Gasteiger partial charge in [-0.25, -0.2) is 8.42 Å². The molecule has 0 radical (unpaired) electrons. The van der Waals surface area contributed by atoms with Gasteiger partial charge in [0.1, 0.15) is 0 Å². The third kappa shape index (κ3) is 4.35. The average Bonchev–Trinajstić information content (AvgIpc) is 2.51. The summed E-state index contributed by atoms with van der Waals surface area (Å²) >= 11 is 5.76. The summed E-state index contributed by atoms with van der Waals surface area (Å²) in [5.41, 5.74) is 2.52. The summed E-state index contributed by atoms with van der Waals surface area (Å²) in [5.74, 6) is -0.426. The molecule has 128 valence electrons. The Morgan fingerprint density at radius 3 is 2.12 bits per heavy atom. The summed E-state index contributed by atoms with van der Waals surface area (Å²) in [6.45, 7) is 5.26. The molecule has 5 nitrogen and oxygen atoms in total. The Morgan fingerprint density at radius 1 is 1.04 bits per heavy atom. The highest BCUT2D eigenvalue weighted by atomic mass is 35.5. The van der Waals surface area contributed by atoms with Crippen LogP contribution in [0.15, 0.2) is 47.4 Å². The second kappa shape index (κ2) is 7.34. The molecule has 7 heteroatoms. The van der Waals surface area contributed by atoms with Gasteiger partial charge in [-0.2, -0.15) is 4.72 Å². The highest BCUT2D eigenvalue weighted by Gasteiger charge is 2.22. The summed E-state index contributed by atoms with van der Waals surface area (Å²) in [5, 5.41) is 3.21. The molecule has 1 atom stereocenters. The van der Waals surface area contributed by atoms with E-state index in [9.17, 15) is 13.2 Å². The predicted octanol–water partition coefficient (Wildman–Crippen LogP) is 3.26. The van der Waals surface area contributed by atoms with Crippen LogP contribution in [0.3, 0.4) is 0 Å². The number of nitrogens with one attached hydrogen (secondary N) is 2. The third-order valence-corrected chi connectivity index (χ3v) is 5.39. The largest absolute Gasteiger partial charge is 0.324 e. The number of carbonyl (C=O) groups excluding carboxylic acids is 1. The Labute approximate surface area is 147 Å². The molecule has 0 bridgehead atoms. The van der Waals surface area contributed by atoms with Crippen LogP contribution >= 0.6 is 11.6 Å². The molecule has 0 fully saturated rings. The van der Waals surface area contributed by atoms with Crippen molar-refractivity contribution in [2.24, 2.45) is 0 Å². The maximum Gasteiger partial charge on any atom is 0.242 e. The molecule has 2 N–H and O–H groups in total. The van der Waals surface area contributed by atoms with Crippen molar-refractivity contribution in [3.8, 4) is 0 Å². The molecular weight excluding hydrogens is 348 g/mol. The van der Waals surface area contributed by atoms with Gasteiger partial charge in [0.2, 0.25) is 15.9 Å². The van der Waals surface area contributed by atoms with Crippen LogP contribution in [0.2, 0.25) is 5.02 Å². The normalized spacial score (nSPS) is 12.7. The van der Waals surface area contributed by atoms with Crippen molar-refractivity contribution < 1.29 is 13.2 Å². The third-order valence-electron chi connectivity index (χ3n) is 3.58. The minimum absolute atomic E-state index is 0.0543. The Hall–Kier alpha value is -1.89. The van der Waals surface area contributed by atoms with Crippen LogP contribution in [0.1, 0.15) is 18.1 Å². The second-order valence-electron chi connectivity index (χ2n) is 5.55. The van der Waals surface area contributed by atoms with E-state index in [1.165, 1.54) is 31.2 Å². The topological polar surface area (TPSA) is 75.3 Å². The Kier molecular flexibility index (Phi) is 5.64. The molecule has 0 aliphatic heterocycles. The molecule has 0 aromatic heterocycles. The summed E-state index contributed by atoms with van der Waals surface area (Å²) < 4.78 is 27.0. The quantitative estimate of drug-likeness (QED) is 0.852. The first kappa shape index (κ1) is 18.4. The molecule has 0 spiro atoms. The number of hydrogen-bond donors (Lipinski definition) is 2. The predicted molar refractivity (Wildman–Crippen MR) is 95.8 cm³/mol. The molecule has 1 unspecified atom stereocenters. The number of rotatable bonds is 5. The van der Waals surface area contributed by atoms with Crippen molar-refractivity contribution >= 4 is 33.2 Å². The van der Waals surface area contributed by atoms with E-state index in [1.54, 1.807) is 0 Å². The zero-order chi connectivity index (χ0) is 17.9. The molecule has 2 aromatic rings. The Balaban J connectivity index is 2.12. The van der Waals surface area contributed by atoms with Crippen molar-refractivity contribution in [2.45, 2.75) is 31.7 Å². The fraction of sp³-hybridized carbons (Fsp3) is 0.235. The SMILES string of the molecule is Cc1cccc(C)c1NC(=O)C(C)NS(=O)(=O)c1ccc(Cl)cc1. The number of sulfonamides is 1. The van der Waals surface area contributed by atoms with E-state index in [0.29, 0.717) is 10.7 Å². The van der Waals surface area contributed by atoms with Gasteiger partial charge in [-0.1, -0.05) is 29.8 Å². The van der Waals surface area contributed by atoms with Crippen LogP contribution in [-0.2, 0) is 14.8 Å². The van der Waals surface area contributed by atoms with E-state index in [4.69, 9.17) is 11.6 Å². The van der Waals surface area contributed by atoms with Gasteiger partial charge < -0.3 is 5.32 Å². The number of amides is 1. The van der Waals surface area contributed by atoms with Crippen molar-refractivity contribution in [1.29, 1.82) is 0 Å². The zero-order valence-corrected chi connectivity index (χ0v) is 15.2. The lowest BCUT2D eigenvalue weighted by Gasteiger charge is -2.17. The number of para-hydroxylation sites is 1. The maximum absolute atomic E-state index is 12.3. The smallest absolute Gasteiger partial charge is 0.242 e. The van der Waals surface area contributed by atoms with E-state index in [0.717, 1.165) is 11.1 Å². The lowest BCUT2D eigenvalue weighted by Crippen LogP contribution is -2.41. The van der Waals surface area contributed by atoms with Crippen molar-refractivity contribution in [3.63, 3.8) is 0 Å². The Bertz CT molecular complexity index is 828. The van der Waals surface area contributed by atoms with Gasteiger partial charge in [0, 0.05) is 10.7 Å². The van der Waals surface area contributed by atoms with Gasteiger partial charge in [0.15, 0.2) is 0 Å². The highest BCUT2D eigenvalue weighted by molar-refractivity contribution is 7.89. The number of carbonyl (C=O) groups is 1. The van der Waals surface area contributed by atoms with E-state index < -0.39 is 22.0 Å². The van der Waals surface area contributed by atoms with Gasteiger partial charge in [-0.3, -0.25) is 4.79 Å². The summed E-state index contributed by atoms with van der Waals surface area (Å²) in [4.78, 5) is 12.4. The summed E-state index contributed by atoms with van der Waals surface area (Å²) in [7, 11) is -3.80. The first-order chi connectivity index (χ1) is 11.2. The van der Waals surface area contributed by atoms with Gasteiger partial charge >= 0.3 is 0 Å². The number of anilines is 1. The molecule has 0 aliphatic carbocycles. The van der Waals surface area contributed by atoms with E-state index in [2.05, 4.69) is 10.0 Å². The summed E-state index contributed by atoms with van der Waals surface area (Å²) in [6, 6.07) is 10.5. The first-order valence-electron chi connectivity index (χ1n) is 7.35. The van der Waals surface area contributed by atoms with Gasteiger partial charge in [-0.15, -0.1) is 0 Å². The molecule has 24 heavy (non-hydrogen) atoms. The lowest BCUT2D eigenvalue weighted by molar-refractivity contribution is -0.117. The zero-order valence-electron chi connectivity index (χ0n) is 13.6. The number of aryl methyl sites for hydroxylation is 2. The van der Waals surface area contributed by atoms with Crippen LogP contribution in [0.5, 0.6) is 0 Å². The fourth-order valence-electron chi connectivity index (χ4n) is 2.21. The average molecular weight is 367 g/mol. The fourth-order valence-corrected chi connectivity index (χ4v) is 3.54. The van der Waals surface area contributed by atoms with Crippen molar-refractivity contribution in [2.75, 3.05) is 5.32 Å². The minimum Gasteiger partial charge on any atom is -0.324 e.